The summed E-state index contributed by atoms with van der Waals surface area (Å²) in [5.74, 6) is 0.782. The first-order chi connectivity index (χ1) is 9.20. The number of aliphatic hydroxyl groups excluding tert-OH is 1. The van der Waals surface area contributed by atoms with Crippen LogP contribution in [-0.4, -0.2) is 33.8 Å². The summed E-state index contributed by atoms with van der Waals surface area (Å²) in [6, 6.07) is 7.39. The van der Waals surface area contributed by atoms with Gasteiger partial charge in [-0.2, -0.15) is 0 Å². The quantitative estimate of drug-likeness (QED) is 0.799. The molecule has 0 amide bonds. The van der Waals surface area contributed by atoms with E-state index >= 15 is 0 Å². The predicted molar refractivity (Wildman–Crippen MR) is 70.7 cm³/mol. The average molecular weight is 262 g/mol. The average Bonchev–Trinajstić information content (AvgIpc) is 2.84. The summed E-state index contributed by atoms with van der Waals surface area (Å²) in [5.41, 5.74) is 1.83. The van der Waals surface area contributed by atoms with Crippen molar-refractivity contribution in [1.29, 1.82) is 0 Å². The highest BCUT2D eigenvalue weighted by Crippen LogP contribution is 2.16. The fourth-order valence-electron chi connectivity index (χ4n) is 1.75. The van der Waals surface area contributed by atoms with Crippen molar-refractivity contribution in [3.05, 3.63) is 41.7 Å². The van der Waals surface area contributed by atoms with Crippen molar-refractivity contribution in [2.75, 3.05) is 13.7 Å². The number of hydrogen-bond donors (Lipinski definition) is 2. The van der Waals surface area contributed by atoms with E-state index in [1.54, 1.807) is 18.0 Å². The van der Waals surface area contributed by atoms with E-state index in [1.165, 1.54) is 0 Å². The van der Waals surface area contributed by atoms with Crippen molar-refractivity contribution in [2.24, 2.45) is 7.05 Å². The highest BCUT2D eigenvalue weighted by atomic mass is 16.5. The third-order valence-electron chi connectivity index (χ3n) is 2.95. The maximum absolute atomic E-state index is 10.0. The molecule has 0 aliphatic rings. The molecule has 2 N–H and O–H groups in total. The molecule has 6 nitrogen and oxygen atoms in total. The largest absolute Gasteiger partial charge is 0.497 e. The summed E-state index contributed by atoms with van der Waals surface area (Å²) in [6.45, 7) is 1.09. The van der Waals surface area contributed by atoms with E-state index in [0.717, 1.165) is 17.0 Å². The van der Waals surface area contributed by atoms with Gasteiger partial charge in [-0.1, -0.05) is 17.3 Å². The zero-order chi connectivity index (χ0) is 13.7. The third-order valence-corrected chi connectivity index (χ3v) is 2.95. The van der Waals surface area contributed by atoms with Crippen LogP contribution in [0.25, 0.3) is 0 Å². The van der Waals surface area contributed by atoms with E-state index in [9.17, 15) is 5.11 Å². The number of ether oxygens (including phenoxy) is 1. The van der Waals surface area contributed by atoms with E-state index in [1.807, 2.05) is 31.3 Å². The van der Waals surface area contributed by atoms with Crippen molar-refractivity contribution < 1.29 is 9.84 Å². The molecule has 0 saturated carbocycles. The lowest BCUT2D eigenvalue weighted by Crippen LogP contribution is -2.22. The predicted octanol–water partition coefficient (Wildman–Crippen LogP) is 0.647. The Labute approximate surface area is 112 Å². The highest BCUT2D eigenvalue weighted by molar-refractivity contribution is 5.28. The van der Waals surface area contributed by atoms with Gasteiger partial charge in [-0.3, -0.25) is 4.68 Å². The lowest BCUT2D eigenvalue weighted by molar-refractivity contribution is 0.174. The number of nitrogens with one attached hydrogen (secondary N) is 1. The van der Waals surface area contributed by atoms with Crippen LogP contribution in [0.2, 0.25) is 0 Å². The van der Waals surface area contributed by atoms with Crippen molar-refractivity contribution in [2.45, 2.75) is 12.6 Å². The van der Waals surface area contributed by atoms with Gasteiger partial charge in [-0.05, 0) is 17.7 Å². The van der Waals surface area contributed by atoms with E-state index in [4.69, 9.17) is 4.74 Å². The molecule has 2 rings (SSSR count). The van der Waals surface area contributed by atoms with Gasteiger partial charge in [0.25, 0.3) is 0 Å². The molecule has 0 saturated heterocycles. The second-order valence-corrected chi connectivity index (χ2v) is 4.27. The molecule has 0 aliphatic carbocycles. The molecule has 1 aromatic heterocycles. The molecule has 1 heterocycles. The van der Waals surface area contributed by atoms with Crippen molar-refractivity contribution >= 4 is 0 Å². The Kier molecular flexibility index (Phi) is 4.48. The van der Waals surface area contributed by atoms with Gasteiger partial charge in [0.2, 0.25) is 0 Å². The minimum absolute atomic E-state index is 0.470. The molecular formula is C13H18N4O2. The summed E-state index contributed by atoms with van der Waals surface area (Å²) >= 11 is 0. The first kappa shape index (κ1) is 13.5. The Balaban J connectivity index is 1.83. The van der Waals surface area contributed by atoms with Crippen LogP contribution in [0.4, 0.5) is 0 Å². The van der Waals surface area contributed by atoms with Crippen LogP contribution in [0.15, 0.2) is 30.5 Å². The zero-order valence-corrected chi connectivity index (χ0v) is 11.1. The number of benzene rings is 1. The molecule has 6 heteroatoms. The van der Waals surface area contributed by atoms with Crippen molar-refractivity contribution in [1.82, 2.24) is 20.3 Å². The molecule has 0 aliphatic heterocycles. The van der Waals surface area contributed by atoms with Crippen LogP contribution >= 0.6 is 0 Å². The molecule has 102 valence electrons. The summed E-state index contributed by atoms with van der Waals surface area (Å²) < 4.78 is 6.78. The highest BCUT2D eigenvalue weighted by Gasteiger charge is 2.07. The second kappa shape index (κ2) is 6.31. The number of methoxy groups -OCH3 is 1. The summed E-state index contributed by atoms with van der Waals surface area (Å²) in [7, 11) is 3.46. The SMILES string of the molecule is COc1ccc(C(O)CNCc2cnnn2C)cc1. The van der Waals surface area contributed by atoms with Gasteiger partial charge in [0.05, 0.1) is 25.1 Å². The minimum atomic E-state index is -0.549. The smallest absolute Gasteiger partial charge is 0.118 e. The maximum atomic E-state index is 10.0. The molecule has 1 atom stereocenters. The van der Waals surface area contributed by atoms with Crippen LogP contribution < -0.4 is 10.1 Å². The van der Waals surface area contributed by atoms with Gasteiger partial charge in [-0.15, -0.1) is 5.10 Å². The van der Waals surface area contributed by atoms with Gasteiger partial charge in [0.1, 0.15) is 5.75 Å². The second-order valence-electron chi connectivity index (χ2n) is 4.27. The summed E-state index contributed by atoms with van der Waals surface area (Å²) in [5, 5.41) is 20.8. The Morgan fingerprint density at radius 2 is 2.11 bits per heavy atom. The standard InChI is InChI=1S/C13H18N4O2/c1-17-11(8-15-16-17)7-14-9-13(18)10-3-5-12(19-2)6-4-10/h3-6,8,13-14,18H,7,9H2,1-2H3. The van der Waals surface area contributed by atoms with Crippen molar-refractivity contribution in [3.8, 4) is 5.75 Å². The molecule has 1 aromatic carbocycles. The first-order valence-electron chi connectivity index (χ1n) is 6.07. The summed E-state index contributed by atoms with van der Waals surface area (Å²) in [6.07, 6.45) is 1.15. The first-order valence-corrected chi connectivity index (χ1v) is 6.07. The molecule has 0 radical (unpaired) electrons. The monoisotopic (exact) mass is 262 g/mol. The topological polar surface area (TPSA) is 72.2 Å². The third kappa shape index (κ3) is 3.52. The Hall–Kier alpha value is -1.92. The minimum Gasteiger partial charge on any atom is -0.497 e. The molecule has 2 aromatic rings. The van der Waals surface area contributed by atoms with E-state index < -0.39 is 6.10 Å². The number of hydrogen-bond acceptors (Lipinski definition) is 5. The Morgan fingerprint density at radius 3 is 2.68 bits per heavy atom. The molecular weight excluding hydrogens is 244 g/mol. The molecule has 1 unspecified atom stereocenters. The maximum Gasteiger partial charge on any atom is 0.118 e. The Morgan fingerprint density at radius 1 is 1.37 bits per heavy atom. The van der Waals surface area contributed by atoms with E-state index in [0.29, 0.717) is 13.1 Å². The number of aryl methyl sites for hydroxylation is 1. The van der Waals surface area contributed by atoms with E-state index in [2.05, 4.69) is 15.6 Å². The zero-order valence-electron chi connectivity index (χ0n) is 11.1. The van der Waals surface area contributed by atoms with Crippen LogP contribution in [0, 0.1) is 0 Å². The Bertz CT molecular complexity index is 510. The number of aliphatic hydroxyl groups is 1. The number of rotatable bonds is 6. The van der Waals surface area contributed by atoms with Crippen LogP contribution in [0.5, 0.6) is 5.75 Å². The molecule has 0 fully saturated rings. The van der Waals surface area contributed by atoms with Gasteiger partial charge in [-0.25, -0.2) is 0 Å². The number of aromatic nitrogens is 3. The fourth-order valence-corrected chi connectivity index (χ4v) is 1.75. The van der Waals surface area contributed by atoms with Crippen molar-refractivity contribution in [3.63, 3.8) is 0 Å². The summed E-state index contributed by atoms with van der Waals surface area (Å²) in [4.78, 5) is 0. The number of nitrogens with zero attached hydrogens (tertiary/aromatic N) is 3. The van der Waals surface area contributed by atoms with E-state index in [-0.39, 0.29) is 0 Å². The van der Waals surface area contributed by atoms with Crippen LogP contribution in [0.3, 0.4) is 0 Å². The van der Waals surface area contributed by atoms with Gasteiger partial charge in [0, 0.05) is 20.1 Å². The van der Waals surface area contributed by atoms with Crippen LogP contribution in [-0.2, 0) is 13.6 Å². The van der Waals surface area contributed by atoms with Gasteiger partial charge in [0.15, 0.2) is 0 Å². The fraction of sp³-hybridized carbons (Fsp3) is 0.385. The normalized spacial score (nSPS) is 12.4. The van der Waals surface area contributed by atoms with Gasteiger partial charge >= 0.3 is 0 Å². The molecule has 0 spiro atoms. The van der Waals surface area contributed by atoms with Gasteiger partial charge < -0.3 is 15.2 Å². The lowest BCUT2D eigenvalue weighted by atomic mass is 10.1. The van der Waals surface area contributed by atoms with Crippen LogP contribution in [0.1, 0.15) is 17.4 Å². The molecule has 19 heavy (non-hydrogen) atoms. The molecule has 0 bridgehead atoms. The lowest BCUT2D eigenvalue weighted by Gasteiger charge is -2.12.